The van der Waals surface area contributed by atoms with Crippen molar-refractivity contribution in [2.75, 3.05) is 11.8 Å². The number of hydrogen-bond donors (Lipinski definition) is 2. The van der Waals surface area contributed by atoms with Crippen LogP contribution in [0.2, 0.25) is 0 Å². The first-order valence-electron chi connectivity index (χ1n) is 5.56. The molecule has 0 spiro atoms. The molecule has 10 heteroatoms. The summed E-state index contributed by atoms with van der Waals surface area (Å²) in [6, 6.07) is 8.57. The van der Waals surface area contributed by atoms with E-state index in [1.165, 1.54) is 37.4 Å². The first-order chi connectivity index (χ1) is 9.74. The second-order valence-electron chi connectivity index (χ2n) is 3.90. The predicted molar refractivity (Wildman–Crippen MR) is 85.5 cm³/mol. The highest BCUT2D eigenvalue weighted by Crippen LogP contribution is 2.27. The Morgan fingerprint density at radius 2 is 1.57 bits per heavy atom. The lowest BCUT2D eigenvalue weighted by molar-refractivity contribution is 0.588. The summed E-state index contributed by atoms with van der Waals surface area (Å²) in [6.07, 6.45) is 0. The summed E-state index contributed by atoms with van der Waals surface area (Å²) in [5, 5.41) is 0. The summed E-state index contributed by atoms with van der Waals surface area (Å²) >= 11 is 4.29. The molecule has 0 aliphatic rings. The van der Waals surface area contributed by atoms with Crippen LogP contribution in [0.5, 0.6) is 0 Å². The van der Waals surface area contributed by atoms with Gasteiger partial charge in [0.25, 0.3) is 10.0 Å². The molecule has 0 unspecified atom stereocenters. The van der Waals surface area contributed by atoms with Crippen molar-refractivity contribution < 1.29 is 16.8 Å². The van der Waals surface area contributed by atoms with Crippen LogP contribution in [0.15, 0.2) is 49.3 Å². The first kappa shape index (κ1) is 16.4. The molecule has 0 saturated heterocycles. The molecule has 0 aliphatic heterocycles. The van der Waals surface area contributed by atoms with Crippen molar-refractivity contribution in [2.45, 2.75) is 9.10 Å². The normalized spacial score (nSPS) is 12.3. The molecular weight excluding hydrogens is 400 g/mol. The quantitative estimate of drug-likeness (QED) is 0.789. The monoisotopic (exact) mass is 410 g/mol. The zero-order chi connectivity index (χ0) is 15.7. The summed E-state index contributed by atoms with van der Waals surface area (Å²) in [4.78, 5) is 0.0619. The van der Waals surface area contributed by atoms with Gasteiger partial charge in [-0.25, -0.2) is 21.6 Å². The Morgan fingerprint density at radius 3 is 2.05 bits per heavy atom. The minimum absolute atomic E-state index is 0.0619. The minimum Gasteiger partial charge on any atom is -0.279 e. The van der Waals surface area contributed by atoms with Crippen LogP contribution in [-0.2, 0) is 20.0 Å². The van der Waals surface area contributed by atoms with Crippen LogP contribution in [0, 0.1) is 0 Å². The fourth-order valence-corrected chi connectivity index (χ4v) is 5.27. The van der Waals surface area contributed by atoms with E-state index in [0.717, 1.165) is 11.3 Å². The summed E-state index contributed by atoms with van der Waals surface area (Å²) in [5.41, 5.74) is 0.287. The van der Waals surface area contributed by atoms with E-state index in [2.05, 4.69) is 25.4 Å². The van der Waals surface area contributed by atoms with Crippen LogP contribution in [-0.4, -0.2) is 23.9 Å². The Bertz CT molecular complexity index is 842. The molecule has 2 rings (SSSR count). The maximum Gasteiger partial charge on any atom is 0.271 e. The van der Waals surface area contributed by atoms with Gasteiger partial charge in [0, 0.05) is 5.69 Å². The number of hydrogen-bond acceptors (Lipinski definition) is 5. The topological polar surface area (TPSA) is 92.3 Å². The Kier molecular flexibility index (Phi) is 4.73. The van der Waals surface area contributed by atoms with Crippen LogP contribution >= 0.6 is 27.3 Å². The molecule has 0 atom stereocenters. The third-order valence-electron chi connectivity index (χ3n) is 2.50. The smallest absolute Gasteiger partial charge is 0.271 e. The van der Waals surface area contributed by atoms with Gasteiger partial charge < -0.3 is 0 Å². The van der Waals surface area contributed by atoms with Gasteiger partial charge >= 0.3 is 0 Å². The van der Waals surface area contributed by atoms with Crippen LogP contribution < -0.4 is 9.44 Å². The summed E-state index contributed by atoms with van der Waals surface area (Å²) < 4.78 is 52.8. The van der Waals surface area contributed by atoms with Crippen molar-refractivity contribution in [1.82, 2.24) is 4.72 Å². The molecule has 21 heavy (non-hydrogen) atoms. The molecule has 0 amide bonds. The summed E-state index contributed by atoms with van der Waals surface area (Å²) in [6.45, 7) is 0. The lowest BCUT2D eigenvalue weighted by atomic mass is 10.3. The Balaban J connectivity index is 2.25. The van der Waals surface area contributed by atoms with Gasteiger partial charge in [0.1, 0.15) is 4.21 Å². The van der Waals surface area contributed by atoms with Crippen molar-refractivity contribution in [3.05, 3.63) is 40.2 Å². The van der Waals surface area contributed by atoms with Gasteiger partial charge in [0.2, 0.25) is 10.0 Å². The fraction of sp³-hybridized carbons (Fsp3) is 0.0909. The van der Waals surface area contributed by atoms with Gasteiger partial charge in [0.05, 0.1) is 8.68 Å². The van der Waals surface area contributed by atoms with E-state index in [9.17, 15) is 16.8 Å². The van der Waals surface area contributed by atoms with Crippen molar-refractivity contribution in [3.63, 3.8) is 0 Å². The maximum atomic E-state index is 12.1. The zero-order valence-electron chi connectivity index (χ0n) is 10.7. The highest BCUT2D eigenvalue weighted by atomic mass is 79.9. The minimum atomic E-state index is -3.67. The molecule has 1 heterocycles. The molecular formula is C11H11BrN2O4S3. The highest BCUT2D eigenvalue weighted by Gasteiger charge is 2.17. The van der Waals surface area contributed by atoms with Gasteiger partial charge in [0.15, 0.2) is 0 Å². The Hall–Kier alpha value is -0.940. The van der Waals surface area contributed by atoms with Gasteiger partial charge in [-0.3, -0.25) is 4.72 Å². The van der Waals surface area contributed by atoms with Crippen LogP contribution in [0.3, 0.4) is 0 Å². The molecule has 2 N–H and O–H groups in total. The van der Waals surface area contributed by atoms with Crippen LogP contribution in [0.4, 0.5) is 5.69 Å². The van der Waals surface area contributed by atoms with E-state index in [-0.39, 0.29) is 14.8 Å². The highest BCUT2D eigenvalue weighted by molar-refractivity contribution is 9.11. The summed E-state index contributed by atoms with van der Waals surface area (Å²) in [7, 11) is -5.91. The fourth-order valence-electron chi connectivity index (χ4n) is 1.47. The molecule has 6 nitrogen and oxygen atoms in total. The van der Waals surface area contributed by atoms with E-state index in [0.29, 0.717) is 3.79 Å². The van der Waals surface area contributed by atoms with Crippen molar-refractivity contribution in [3.8, 4) is 0 Å². The van der Waals surface area contributed by atoms with Crippen LogP contribution in [0.1, 0.15) is 0 Å². The average Bonchev–Trinajstić information content (AvgIpc) is 2.86. The largest absolute Gasteiger partial charge is 0.279 e. The number of halogens is 1. The van der Waals surface area contributed by atoms with E-state index in [4.69, 9.17) is 0 Å². The van der Waals surface area contributed by atoms with E-state index < -0.39 is 20.0 Å². The molecule has 1 aromatic heterocycles. The molecule has 0 saturated carbocycles. The second kappa shape index (κ2) is 6.05. The number of thiophene rings is 1. The van der Waals surface area contributed by atoms with E-state index in [1.54, 1.807) is 6.07 Å². The third kappa shape index (κ3) is 3.83. The summed E-state index contributed by atoms with van der Waals surface area (Å²) in [5.74, 6) is 0. The van der Waals surface area contributed by atoms with Crippen molar-refractivity contribution in [1.29, 1.82) is 0 Å². The van der Waals surface area contributed by atoms with Gasteiger partial charge in [-0.2, -0.15) is 0 Å². The number of anilines is 1. The molecule has 2 aromatic rings. The Labute approximate surface area is 135 Å². The van der Waals surface area contributed by atoms with Gasteiger partial charge in [-0.1, -0.05) is 0 Å². The number of rotatable bonds is 5. The Morgan fingerprint density at radius 1 is 0.952 bits per heavy atom. The predicted octanol–water partition coefficient (Wildman–Crippen LogP) is 2.22. The average molecular weight is 411 g/mol. The number of nitrogens with one attached hydrogen (secondary N) is 2. The third-order valence-corrected chi connectivity index (χ3v) is 7.43. The SMILES string of the molecule is CNS(=O)(=O)c1ccc(NS(=O)(=O)c2ccc(Br)s2)cc1. The van der Waals surface area contributed by atoms with E-state index in [1.807, 2.05) is 0 Å². The second-order valence-corrected chi connectivity index (χ2v) is 10.2. The molecule has 0 aliphatic carbocycles. The molecule has 0 radical (unpaired) electrons. The van der Waals surface area contributed by atoms with E-state index >= 15 is 0 Å². The zero-order valence-corrected chi connectivity index (χ0v) is 14.7. The standard InChI is InChI=1S/C11H11BrN2O4S3/c1-13-20(15,16)9-4-2-8(3-5-9)14-21(17,18)11-7-6-10(12)19-11/h2-7,13-14H,1H3. The molecule has 1 aromatic carbocycles. The van der Waals surface area contributed by atoms with Crippen molar-refractivity contribution >= 4 is 53.0 Å². The first-order valence-corrected chi connectivity index (χ1v) is 10.1. The number of sulfonamides is 2. The van der Waals surface area contributed by atoms with Gasteiger partial charge in [-0.05, 0) is 59.4 Å². The van der Waals surface area contributed by atoms with Gasteiger partial charge in [-0.15, -0.1) is 11.3 Å². The lowest BCUT2D eigenvalue weighted by Gasteiger charge is -2.07. The van der Waals surface area contributed by atoms with Crippen LogP contribution in [0.25, 0.3) is 0 Å². The maximum absolute atomic E-state index is 12.1. The van der Waals surface area contributed by atoms with Crippen molar-refractivity contribution in [2.24, 2.45) is 0 Å². The lowest BCUT2D eigenvalue weighted by Crippen LogP contribution is -2.18. The molecule has 0 fully saturated rings. The molecule has 114 valence electrons. The molecule has 0 bridgehead atoms. The number of benzene rings is 1.